The fraction of sp³-hybridized carbons (Fsp3) is 0.127. The number of nitrogens with zero attached hydrogens (tertiary/aromatic N) is 3. The van der Waals surface area contributed by atoms with Gasteiger partial charge >= 0.3 is 0 Å². The lowest BCUT2D eigenvalue weighted by Crippen LogP contribution is -2.03. The van der Waals surface area contributed by atoms with Crippen LogP contribution in [-0.4, -0.2) is 19.6 Å². The molecule has 0 aliphatic carbocycles. The monoisotopic (exact) mass is 765 g/mol. The van der Waals surface area contributed by atoms with Crippen LogP contribution in [0, 0.1) is 26.7 Å². The molecule has 288 valence electrons. The van der Waals surface area contributed by atoms with Gasteiger partial charge in [0.1, 0.15) is 11.6 Å². The Hall–Kier alpha value is -7.04. The first kappa shape index (κ1) is 37.5. The smallest absolute Gasteiger partial charge is 0.149 e. The number of aromatic nitrogens is 3. The Kier molecular flexibility index (Phi) is 10.00. The van der Waals surface area contributed by atoms with E-state index in [9.17, 15) is 5.11 Å². The van der Waals surface area contributed by atoms with E-state index in [4.69, 9.17) is 9.97 Å². The molecule has 0 bridgehead atoms. The van der Waals surface area contributed by atoms with Crippen LogP contribution in [0.2, 0.25) is 0 Å². The highest BCUT2D eigenvalue weighted by atomic mass is 16.3. The molecular weight excluding hydrogens is 719 g/mol. The molecule has 2 heterocycles. The summed E-state index contributed by atoms with van der Waals surface area (Å²) in [6.45, 7) is 10.7. The van der Waals surface area contributed by atoms with Crippen LogP contribution in [0.5, 0.6) is 5.75 Å². The minimum absolute atomic E-state index is 0.241. The predicted octanol–water partition coefficient (Wildman–Crippen LogP) is 14.3. The van der Waals surface area contributed by atoms with E-state index in [0.717, 1.165) is 78.9 Å². The predicted molar refractivity (Wildman–Crippen MR) is 246 cm³/mol. The topological polar surface area (TPSA) is 50.9 Å². The lowest BCUT2D eigenvalue weighted by Gasteiger charge is -2.17. The number of fused-ring (bicyclic) bond motifs is 1. The molecule has 9 aromatic rings. The summed E-state index contributed by atoms with van der Waals surface area (Å²) >= 11 is 0. The molecule has 2 aromatic heterocycles. The Morgan fingerprint density at radius 3 is 1.97 bits per heavy atom. The average Bonchev–Trinajstić information content (AvgIpc) is 3.65. The maximum atomic E-state index is 11.7. The van der Waals surface area contributed by atoms with Gasteiger partial charge in [0, 0.05) is 23.0 Å². The van der Waals surface area contributed by atoms with Crippen LogP contribution in [0.3, 0.4) is 0 Å². The molecule has 0 fully saturated rings. The third kappa shape index (κ3) is 7.46. The van der Waals surface area contributed by atoms with Gasteiger partial charge in [-0.1, -0.05) is 129 Å². The fourth-order valence-corrected chi connectivity index (χ4v) is 8.37. The third-order valence-electron chi connectivity index (χ3n) is 11.2. The molecule has 0 spiro atoms. The zero-order chi connectivity index (χ0) is 40.6. The van der Waals surface area contributed by atoms with E-state index >= 15 is 0 Å². The van der Waals surface area contributed by atoms with E-state index in [0.29, 0.717) is 17.3 Å². The molecule has 0 unspecified atom stereocenters. The number of para-hydroxylation sites is 1. The van der Waals surface area contributed by atoms with E-state index in [-0.39, 0.29) is 5.75 Å². The highest BCUT2D eigenvalue weighted by Crippen LogP contribution is 2.42. The van der Waals surface area contributed by atoms with Crippen molar-refractivity contribution >= 4 is 11.0 Å². The molecule has 0 amide bonds. The van der Waals surface area contributed by atoms with Crippen LogP contribution in [0.4, 0.5) is 0 Å². The molecule has 7 aromatic carbocycles. The highest BCUT2D eigenvalue weighted by molar-refractivity contribution is 5.98. The van der Waals surface area contributed by atoms with Crippen molar-refractivity contribution in [2.24, 2.45) is 5.92 Å². The van der Waals surface area contributed by atoms with Crippen molar-refractivity contribution in [3.05, 3.63) is 192 Å². The first-order valence-corrected chi connectivity index (χ1v) is 20.5. The van der Waals surface area contributed by atoms with Crippen molar-refractivity contribution in [3.63, 3.8) is 0 Å². The Labute approximate surface area is 347 Å². The van der Waals surface area contributed by atoms with E-state index in [1.54, 1.807) is 0 Å². The second-order valence-electron chi connectivity index (χ2n) is 16.2. The van der Waals surface area contributed by atoms with E-state index in [1.165, 1.54) is 22.3 Å². The molecule has 9 rings (SSSR count). The molecule has 1 N–H and O–H groups in total. The zero-order valence-electron chi connectivity index (χ0n) is 34.2. The molecule has 0 saturated heterocycles. The molecular formula is C55H47N3O. The quantitative estimate of drug-likeness (QED) is 0.159. The van der Waals surface area contributed by atoms with Gasteiger partial charge in [-0.05, 0) is 143 Å². The van der Waals surface area contributed by atoms with E-state index in [1.807, 2.05) is 25.3 Å². The summed E-state index contributed by atoms with van der Waals surface area (Å²) in [4.78, 5) is 10.4. The van der Waals surface area contributed by atoms with Crippen molar-refractivity contribution in [1.29, 1.82) is 0 Å². The molecule has 0 saturated carbocycles. The van der Waals surface area contributed by atoms with Gasteiger partial charge in [-0.25, -0.2) is 4.98 Å². The van der Waals surface area contributed by atoms with Gasteiger partial charge in [-0.15, -0.1) is 0 Å². The van der Waals surface area contributed by atoms with Crippen molar-refractivity contribution in [2.75, 3.05) is 0 Å². The summed E-state index contributed by atoms with van der Waals surface area (Å²) in [5.41, 5.74) is 18.8. The summed E-state index contributed by atoms with van der Waals surface area (Å²) in [5.74, 6) is 1.40. The minimum Gasteiger partial charge on any atom is -0.507 e. The van der Waals surface area contributed by atoms with Crippen molar-refractivity contribution < 1.29 is 5.11 Å². The van der Waals surface area contributed by atoms with Crippen molar-refractivity contribution in [3.8, 4) is 78.6 Å². The normalized spacial score (nSPS) is 11.4. The van der Waals surface area contributed by atoms with Gasteiger partial charge in [0.2, 0.25) is 0 Å². The van der Waals surface area contributed by atoms with Gasteiger partial charge in [0.15, 0.2) is 0 Å². The van der Waals surface area contributed by atoms with Crippen LogP contribution >= 0.6 is 0 Å². The third-order valence-corrected chi connectivity index (χ3v) is 11.2. The van der Waals surface area contributed by atoms with Gasteiger partial charge in [0.05, 0.1) is 22.3 Å². The molecule has 4 nitrogen and oxygen atoms in total. The van der Waals surface area contributed by atoms with Crippen LogP contribution in [0.25, 0.3) is 83.9 Å². The fourth-order valence-electron chi connectivity index (χ4n) is 8.37. The molecule has 4 heteroatoms. The van der Waals surface area contributed by atoms with Crippen LogP contribution < -0.4 is 0 Å². The lowest BCUT2D eigenvalue weighted by atomic mass is 9.93. The largest absolute Gasteiger partial charge is 0.507 e. The van der Waals surface area contributed by atoms with Gasteiger partial charge < -0.3 is 5.11 Å². The summed E-state index contributed by atoms with van der Waals surface area (Å²) in [5, 5.41) is 11.7. The zero-order valence-corrected chi connectivity index (χ0v) is 34.2. The number of aryl methyl sites for hydroxylation is 3. The van der Waals surface area contributed by atoms with Crippen LogP contribution in [-0.2, 0) is 6.42 Å². The summed E-state index contributed by atoms with van der Waals surface area (Å²) in [7, 11) is 0. The van der Waals surface area contributed by atoms with Gasteiger partial charge in [-0.3, -0.25) is 9.55 Å². The molecule has 0 atom stereocenters. The minimum atomic E-state index is 0.241. The van der Waals surface area contributed by atoms with Crippen LogP contribution in [0.15, 0.2) is 170 Å². The Bertz CT molecular complexity index is 2960. The second kappa shape index (κ2) is 15.7. The Balaban J connectivity index is 1.28. The summed E-state index contributed by atoms with van der Waals surface area (Å²) < 4.78 is 2.24. The average molecular weight is 766 g/mol. The number of pyridine rings is 1. The molecule has 0 radical (unpaired) electrons. The number of rotatable bonds is 9. The number of aromatic hydroxyl groups is 1. The lowest BCUT2D eigenvalue weighted by molar-refractivity contribution is 0.472. The maximum absolute atomic E-state index is 11.7. The number of hydrogen-bond donors (Lipinski definition) is 1. The summed E-state index contributed by atoms with van der Waals surface area (Å²) in [6.07, 6.45) is 2.83. The number of phenols is 1. The SMILES string of the molecule is Cc1ccc(-c2ccnc(-c3cc(-c4ccccc4)cc(-c4cccc5c4nc(-c4cc(C)cc(C)c4O)n5-c4ccc(-c5ccccc5)c(CC(C)C)c4)c3)c2)cc1. The Morgan fingerprint density at radius 1 is 0.525 bits per heavy atom. The summed E-state index contributed by atoms with van der Waals surface area (Å²) in [6, 6.07) is 58.1. The van der Waals surface area contributed by atoms with E-state index < -0.39 is 0 Å². The highest BCUT2D eigenvalue weighted by Gasteiger charge is 2.22. The van der Waals surface area contributed by atoms with Gasteiger partial charge in [-0.2, -0.15) is 0 Å². The number of phenolic OH excluding ortho intramolecular Hbond substituents is 1. The number of benzene rings is 7. The van der Waals surface area contributed by atoms with Gasteiger partial charge in [0.25, 0.3) is 0 Å². The first-order chi connectivity index (χ1) is 28.7. The van der Waals surface area contributed by atoms with Crippen molar-refractivity contribution in [1.82, 2.24) is 14.5 Å². The first-order valence-electron chi connectivity index (χ1n) is 20.5. The van der Waals surface area contributed by atoms with E-state index in [2.05, 4.69) is 184 Å². The van der Waals surface area contributed by atoms with Crippen LogP contribution in [0.1, 0.15) is 36.1 Å². The second-order valence-corrected chi connectivity index (χ2v) is 16.2. The molecule has 0 aliphatic rings. The number of hydrogen-bond acceptors (Lipinski definition) is 3. The number of imidazole rings is 1. The Morgan fingerprint density at radius 2 is 1.22 bits per heavy atom. The van der Waals surface area contributed by atoms with Crippen molar-refractivity contribution in [2.45, 2.75) is 41.0 Å². The molecule has 59 heavy (non-hydrogen) atoms. The maximum Gasteiger partial charge on any atom is 0.149 e. The molecule has 0 aliphatic heterocycles. The standard InChI is InChI=1S/C55H47N3O/c1-35(2)27-44-33-47(23-24-48(44)41-15-10-7-11-16-41)58-52-18-12-17-49(53(52)57-55(58)50-29-37(4)28-38(5)54(50)59)45-30-43(39-13-8-6-9-14-39)31-46(32-45)51-34-42(25-26-56-51)40-21-19-36(3)20-22-40/h6-26,28-35,59H,27H2,1-5H3.